The number of hydrogen-bond donors (Lipinski definition) is 2. The molecule has 0 aliphatic carbocycles. The number of ether oxygens (including phenoxy) is 2. The number of carbonyl (C=O) groups is 1. The molecule has 2 rings (SSSR count). The zero-order valence-corrected chi connectivity index (χ0v) is 10.8. The van der Waals surface area contributed by atoms with Gasteiger partial charge in [-0.2, -0.15) is 0 Å². The summed E-state index contributed by atoms with van der Waals surface area (Å²) in [6, 6.07) is 16.3. The van der Waals surface area contributed by atoms with Gasteiger partial charge in [-0.15, -0.1) is 0 Å². The first-order chi connectivity index (χ1) is 9.79. The second kappa shape index (κ2) is 7.16. The standard InChI is InChI=1S/C15H15NO4/c17-10-11-19-15(18)16-13-8-4-5-9-14(13)20-12-6-2-1-3-7-12/h1-9,17H,10-11H2,(H,16,18). The molecular formula is C15H15NO4. The Morgan fingerprint density at radius 2 is 1.75 bits per heavy atom. The molecule has 1 amide bonds. The normalized spacial score (nSPS) is 9.85. The highest BCUT2D eigenvalue weighted by Gasteiger charge is 2.08. The number of para-hydroxylation sites is 3. The van der Waals surface area contributed by atoms with Gasteiger partial charge in [0.15, 0.2) is 5.75 Å². The number of benzene rings is 2. The Bertz CT molecular complexity index is 557. The van der Waals surface area contributed by atoms with Crippen LogP contribution in [-0.4, -0.2) is 24.4 Å². The van der Waals surface area contributed by atoms with Gasteiger partial charge >= 0.3 is 6.09 Å². The number of nitrogens with one attached hydrogen (secondary N) is 1. The second-order valence-corrected chi connectivity index (χ2v) is 3.90. The van der Waals surface area contributed by atoms with Crippen LogP contribution in [0.4, 0.5) is 10.5 Å². The average molecular weight is 273 g/mol. The Kier molecular flexibility index (Phi) is 4.97. The van der Waals surface area contributed by atoms with E-state index in [0.717, 1.165) is 0 Å². The quantitative estimate of drug-likeness (QED) is 0.878. The fraction of sp³-hybridized carbons (Fsp3) is 0.133. The molecule has 0 bridgehead atoms. The molecule has 0 atom stereocenters. The van der Waals surface area contributed by atoms with Crippen molar-refractivity contribution in [2.24, 2.45) is 0 Å². The Hall–Kier alpha value is -2.53. The molecule has 5 heteroatoms. The Morgan fingerprint density at radius 1 is 1.05 bits per heavy atom. The number of rotatable bonds is 5. The van der Waals surface area contributed by atoms with E-state index in [2.05, 4.69) is 5.32 Å². The Morgan fingerprint density at radius 3 is 2.50 bits per heavy atom. The molecule has 0 aliphatic heterocycles. The van der Waals surface area contributed by atoms with Crippen molar-refractivity contribution in [3.63, 3.8) is 0 Å². The van der Waals surface area contributed by atoms with Gasteiger partial charge < -0.3 is 14.6 Å². The molecule has 5 nitrogen and oxygen atoms in total. The summed E-state index contributed by atoms with van der Waals surface area (Å²) in [6.45, 7) is -0.261. The summed E-state index contributed by atoms with van der Waals surface area (Å²) in [6.07, 6.45) is -0.636. The van der Waals surface area contributed by atoms with Crippen molar-refractivity contribution in [3.8, 4) is 11.5 Å². The van der Waals surface area contributed by atoms with Gasteiger partial charge in [0.05, 0.1) is 12.3 Å². The lowest BCUT2D eigenvalue weighted by Gasteiger charge is -2.12. The van der Waals surface area contributed by atoms with Crippen LogP contribution < -0.4 is 10.1 Å². The molecule has 104 valence electrons. The fourth-order valence-corrected chi connectivity index (χ4v) is 1.56. The smallest absolute Gasteiger partial charge is 0.411 e. The third kappa shape index (κ3) is 4.00. The zero-order valence-electron chi connectivity index (χ0n) is 10.8. The minimum Gasteiger partial charge on any atom is -0.455 e. The van der Waals surface area contributed by atoms with E-state index in [0.29, 0.717) is 17.2 Å². The second-order valence-electron chi connectivity index (χ2n) is 3.90. The summed E-state index contributed by atoms with van der Waals surface area (Å²) < 4.78 is 10.4. The van der Waals surface area contributed by atoms with E-state index in [1.54, 1.807) is 18.2 Å². The first-order valence-corrected chi connectivity index (χ1v) is 6.16. The molecule has 2 N–H and O–H groups in total. The number of aliphatic hydroxyl groups is 1. The van der Waals surface area contributed by atoms with Crippen molar-refractivity contribution >= 4 is 11.8 Å². The average Bonchev–Trinajstić information content (AvgIpc) is 2.48. The van der Waals surface area contributed by atoms with Crippen molar-refractivity contribution in [2.45, 2.75) is 0 Å². The third-order valence-electron chi connectivity index (χ3n) is 2.42. The van der Waals surface area contributed by atoms with Crippen molar-refractivity contribution < 1.29 is 19.4 Å². The summed E-state index contributed by atoms with van der Waals surface area (Å²) in [5.41, 5.74) is 0.499. The van der Waals surface area contributed by atoms with Crippen LogP contribution in [0.1, 0.15) is 0 Å². The van der Waals surface area contributed by atoms with Crippen molar-refractivity contribution in [1.29, 1.82) is 0 Å². The number of carbonyl (C=O) groups excluding carboxylic acids is 1. The van der Waals surface area contributed by atoms with Crippen LogP contribution in [0.5, 0.6) is 11.5 Å². The molecule has 2 aromatic rings. The largest absolute Gasteiger partial charge is 0.455 e. The highest BCUT2D eigenvalue weighted by atomic mass is 16.6. The van der Waals surface area contributed by atoms with E-state index in [1.807, 2.05) is 36.4 Å². The van der Waals surface area contributed by atoms with E-state index in [-0.39, 0.29) is 13.2 Å². The molecule has 2 aromatic carbocycles. The number of amides is 1. The molecule has 0 fully saturated rings. The van der Waals surface area contributed by atoms with E-state index in [9.17, 15) is 4.79 Å². The molecule has 0 radical (unpaired) electrons. The molecule has 0 heterocycles. The first-order valence-electron chi connectivity index (χ1n) is 6.16. The lowest BCUT2D eigenvalue weighted by Crippen LogP contribution is -2.16. The maximum Gasteiger partial charge on any atom is 0.411 e. The fourth-order valence-electron chi connectivity index (χ4n) is 1.56. The van der Waals surface area contributed by atoms with E-state index < -0.39 is 6.09 Å². The van der Waals surface area contributed by atoms with E-state index in [4.69, 9.17) is 14.6 Å². The lowest BCUT2D eigenvalue weighted by atomic mass is 10.3. The van der Waals surface area contributed by atoms with Crippen LogP contribution in [0.3, 0.4) is 0 Å². The van der Waals surface area contributed by atoms with Crippen LogP contribution in [0.2, 0.25) is 0 Å². The highest BCUT2D eigenvalue weighted by molar-refractivity contribution is 5.86. The van der Waals surface area contributed by atoms with Gasteiger partial charge in [0.1, 0.15) is 12.4 Å². The van der Waals surface area contributed by atoms with Gasteiger partial charge in [-0.3, -0.25) is 5.32 Å². The van der Waals surface area contributed by atoms with Crippen LogP contribution >= 0.6 is 0 Å². The summed E-state index contributed by atoms with van der Waals surface area (Å²) in [5.74, 6) is 1.19. The highest BCUT2D eigenvalue weighted by Crippen LogP contribution is 2.29. The van der Waals surface area contributed by atoms with Crippen LogP contribution in [0, 0.1) is 0 Å². The molecule has 0 aromatic heterocycles. The topological polar surface area (TPSA) is 67.8 Å². The van der Waals surface area contributed by atoms with Crippen LogP contribution in [0.25, 0.3) is 0 Å². The molecule has 0 spiro atoms. The molecule has 20 heavy (non-hydrogen) atoms. The minimum absolute atomic E-state index is 0.0481. The lowest BCUT2D eigenvalue weighted by molar-refractivity contribution is 0.131. The molecule has 0 saturated carbocycles. The summed E-state index contributed by atoms with van der Waals surface area (Å²) >= 11 is 0. The number of anilines is 1. The van der Waals surface area contributed by atoms with Crippen molar-refractivity contribution in [1.82, 2.24) is 0 Å². The molecule has 0 aliphatic rings. The van der Waals surface area contributed by atoms with Crippen molar-refractivity contribution in [3.05, 3.63) is 54.6 Å². The van der Waals surface area contributed by atoms with E-state index >= 15 is 0 Å². The summed E-state index contributed by atoms with van der Waals surface area (Å²) in [4.78, 5) is 11.5. The van der Waals surface area contributed by atoms with Gasteiger partial charge in [-0.1, -0.05) is 30.3 Å². The Balaban J connectivity index is 2.08. The van der Waals surface area contributed by atoms with E-state index in [1.165, 1.54) is 0 Å². The monoisotopic (exact) mass is 273 g/mol. The minimum atomic E-state index is -0.636. The van der Waals surface area contributed by atoms with Crippen LogP contribution in [-0.2, 0) is 4.74 Å². The number of hydrogen-bond acceptors (Lipinski definition) is 4. The maximum atomic E-state index is 11.5. The van der Waals surface area contributed by atoms with Gasteiger partial charge in [-0.05, 0) is 24.3 Å². The van der Waals surface area contributed by atoms with Gasteiger partial charge in [0, 0.05) is 0 Å². The van der Waals surface area contributed by atoms with Gasteiger partial charge in [0.2, 0.25) is 0 Å². The first kappa shape index (κ1) is 13.9. The third-order valence-corrected chi connectivity index (χ3v) is 2.42. The number of aliphatic hydroxyl groups excluding tert-OH is 1. The summed E-state index contributed by atoms with van der Waals surface area (Å²) in [5, 5.41) is 11.2. The summed E-state index contributed by atoms with van der Waals surface area (Å²) in [7, 11) is 0. The zero-order chi connectivity index (χ0) is 14.2. The molecule has 0 saturated heterocycles. The van der Waals surface area contributed by atoms with Crippen LogP contribution in [0.15, 0.2) is 54.6 Å². The predicted octanol–water partition coefficient (Wildman–Crippen LogP) is 3.02. The van der Waals surface area contributed by atoms with Crippen molar-refractivity contribution in [2.75, 3.05) is 18.5 Å². The molecule has 0 unspecified atom stereocenters. The van der Waals surface area contributed by atoms with Gasteiger partial charge in [0.25, 0.3) is 0 Å². The van der Waals surface area contributed by atoms with Gasteiger partial charge in [-0.25, -0.2) is 4.79 Å². The maximum absolute atomic E-state index is 11.5. The predicted molar refractivity (Wildman–Crippen MR) is 75.0 cm³/mol. The molecular weight excluding hydrogens is 258 g/mol. The SMILES string of the molecule is O=C(Nc1ccccc1Oc1ccccc1)OCCO. The Labute approximate surface area is 116 Å².